The topological polar surface area (TPSA) is 133 Å². The fraction of sp³-hybridized carbons (Fsp3) is 0.588. The van der Waals surface area contributed by atoms with Crippen LogP contribution in [-0.2, 0) is 38.7 Å². The molecule has 0 aromatic heterocycles. The van der Waals surface area contributed by atoms with E-state index in [-0.39, 0.29) is 70.4 Å². The van der Waals surface area contributed by atoms with Crippen LogP contribution in [0.1, 0.15) is 35.0 Å². The Morgan fingerprint density at radius 2 is 1.43 bits per heavy atom. The van der Waals surface area contributed by atoms with E-state index in [1.165, 1.54) is 13.8 Å². The van der Waals surface area contributed by atoms with Gasteiger partial charge in [-0.25, -0.2) is 9.59 Å². The third kappa shape index (κ3) is 11.4. The average molecular weight is 447 g/mol. The summed E-state index contributed by atoms with van der Waals surface area (Å²) in [4.78, 5) is 36.0. The molecular formula is C17H27KO9S. The van der Waals surface area contributed by atoms with E-state index in [9.17, 15) is 22.8 Å². The van der Waals surface area contributed by atoms with Gasteiger partial charge in [-0.05, 0) is 20.3 Å². The van der Waals surface area contributed by atoms with Crippen LogP contribution >= 0.6 is 0 Å². The quantitative estimate of drug-likeness (QED) is 0.126. The molecule has 0 rings (SSSR count). The molecule has 0 aliphatic carbocycles. The summed E-state index contributed by atoms with van der Waals surface area (Å²) < 4.78 is 45.3. The maximum absolute atomic E-state index is 12.6. The molecule has 156 valence electrons. The van der Waals surface area contributed by atoms with Gasteiger partial charge in [0.25, 0.3) is 10.1 Å². The van der Waals surface area contributed by atoms with Gasteiger partial charge in [0.15, 0.2) is 0 Å². The first-order valence-corrected chi connectivity index (χ1v) is 9.73. The van der Waals surface area contributed by atoms with Gasteiger partial charge in [-0.3, -0.25) is 9.35 Å². The van der Waals surface area contributed by atoms with Crippen LogP contribution in [-0.4, -0.2) is 56.5 Å². The number of hydrogen-bond acceptors (Lipinski definition) is 8. The maximum atomic E-state index is 12.6. The number of ether oxygens (including phenoxy) is 3. The number of esters is 3. The summed E-state index contributed by atoms with van der Waals surface area (Å²) in [6.07, 6.45) is 0.577. The predicted molar refractivity (Wildman–Crippen MR) is 97.4 cm³/mol. The Morgan fingerprint density at radius 3 is 1.75 bits per heavy atom. The zero-order valence-corrected chi connectivity index (χ0v) is 20.7. The van der Waals surface area contributed by atoms with Gasteiger partial charge in [0, 0.05) is 11.1 Å². The Labute approximate surface area is 209 Å². The van der Waals surface area contributed by atoms with Crippen molar-refractivity contribution >= 4 is 28.0 Å². The first kappa shape index (κ1) is 29.6. The van der Waals surface area contributed by atoms with Gasteiger partial charge >= 0.3 is 69.3 Å². The molecule has 0 unspecified atom stereocenters. The molecule has 0 fully saturated rings. The molecule has 0 heterocycles. The van der Waals surface area contributed by atoms with Gasteiger partial charge in [-0.2, -0.15) is 8.42 Å². The number of rotatable bonds is 12. The van der Waals surface area contributed by atoms with Crippen LogP contribution in [0, 0.1) is 5.41 Å². The van der Waals surface area contributed by atoms with Crippen LogP contribution in [0.25, 0.3) is 0 Å². The summed E-state index contributed by atoms with van der Waals surface area (Å²) in [5, 5.41) is 0. The van der Waals surface area contributed by atoms with Crippen molar-refractivity contribution in [3.63, 3.8) is 0 Å². The van der Waals surface area contributed by atoms with Crippen molar-refractivity contribution in [2.24, 2.45) is 5.41 Å². The minimum atomic E-state index is -4.32. The fourth-order valence-electron chi connectivity index (χ4n) is 1.93. The Hall–Kier alpha value is -0.564. The molecule has 28 heavy (non-hydrogen) atoms. The second-order valence-electron chi connectivity index (χ2n) is 6.17. The molecule has 11 heteroatoms. The minimum absolute atomic E-state index is 0. The van der Waals surface area contributed by atoms with Crippen LogP contribution in [0.4, 0.5) is 0 Å². The van der Waals surface area contributed by atoms with Crippen LogP contribution < -0.4 is 51.4 Å². The smallest absolute Gasteiger partial charge is 1.00 e. The van der Waals surface area contributed by atoms with E-state index < -0.39 is 59.0 Å². The van der Waals surface area contributed by atoms with Gasteiger partial charge in [-0.1, -0.05) is 26.5 Å². The van der Waals surface area contributed by atoms with Gasteiger partial charge in [-0.15, -0.1) is 0 Å². The maximum Gasteiger partial charge on any atom is 1.00 e. The minimum Gasteiger partial charge on any atom is -1.00 e. The first-order valence-electron chi connectivity index (χ1n) is 8.12. The van der Waals surface area contributed by atoms with E-state index in [0.717, 1.165) is 0 Å². The molecule has 0 aliphatic heterocycles. The molecule has 0 aromatic carbocycles. The molecule has 0 radical (unpaired) electrons. The molecule has 0 atom stereocenters. The fourth-order valence-corrected chi connectivity index (χ4v) is 2.22. The summed E-state index contributed by atoms with van der Waals surface area (Å²) in [5.41, 5.74) is -1.32. The summed E-state index contributed by atoms with van der Waals surface area (Å²) >= 11 is 0. The van der Waals surface area contributed by atoms with Crippen molar-refractivity contribution in [1.29, 1.82) is 0 Å². The Kier molecular flexibility index (Phi) is 14.4. The number of carbonyl (C=O) groups excluding carboxylic acids is 3. The van der Waals surface area contributed by atoms with Crippen LogP contribution in [0.15, 0.2) is 24.3 Å². The number of carbonyl (C=O) groups is 3. The monoisotopic (exact) mass is 446 g/mol. The summed E-state index contributed by atoms with van der Waals surface area (Å²) in [6, 6.07) is 0. The van der Waals surface area contributed by atoms with E-state index in [0.29, 0.717) is 6.42 Å². The SMILES string of the molecule is C=C(C)C(=O)OCC(CCC)(COC(=O)C(=C)C)C(=O)OCCS(=O)(=O)O.[H-].[K+]. The summed E-state index contributed by atoms with van der Waals surface area (Å²) in [5.74, 6) is -3.20. The zero-order chi connectivity index (χ0) is 21.3. The second-order valence-corrected chi connectivity index (χ2v) is 7.74. The average Bonchev–Trinajstić information content (AvgIpc) is 2.55. The zero-order valence-electron chi connectivity index (χ0n) is 17.8. The van der Waals surface area contributed by atoms with Crippen molar-refractivity contribution in [2.75, 3.05) is 25.6 Å². The van der Waals surface area contributed by atoms with E-state index in [1.807, 2.05) is 0 Å². The second kappa shape index (κ2) is 13.6. The molecule has 1 N–H and O–H groups in total. The van der Waals surface area contributed by atoms with Gasteiger partial charge < -0.3 is 15.6 Å². The van der Waals surface area contributed by atoms with Gasteiger partial charge in [0.1, 0.15) is 31.0 Å². The normalized spacial score (nSPS) is 11.0. The van der Waals surface area contributed by atoms with Crippen molar-refractivity contribution in [1.82, 2.24) is 0 Å². The standard InChI is InChI=1S/C17H26O9S.K.H/c1-6-7-17(10-25-14(18)12(2)3,11-26-15(19)13(4)5)16(20)24-8-9-27(21,22)23;;/h2,4,6-11H2,1,3,5H3,(H,21,22,23);;/q;+1;-1. The summed E-state index contributed by atoms with van der Waals surface area (Å²) in [7, 11) is -4.32. The van der Waals surface area contributed by atoms with Crippen molar-refractivity contribution in [2.45, 2.75) is 33.6 Å². The van der Waals surface area contributed by atoms with Crippen molar-refractivity contribution < 1.29 is 94.4 Å². The van der Waals surface area contributed by atoms with Gasteiger partial charge in [0.05, 0.1) is 0 Å². The largest absolute Gasteiger partial charge is 1.00 e. The summed E-state index contributed by atoms with van der Waals surface area (Å²) in [6.45, 7) is 9.96. The first-order chi connectivity index (χ1) is 12.3. The van der Waals surface area contributed by atoms with Crippen LogP contribution in [0.3, 0.4) is 0 Å². The molecule has 0 aromatic rings. The van der Waals surface area contributed by atoms with Crippen molar-refractivity contribution in [3.8, 4) is 0 Å². The third-order valence-corrected chi connectivity index (χ3v) is 4.07. The number of hydrogen-bond donors (Lipinski definition) is 1. The molecule has 0 saturated carbocycles. The Bertz CT molecular complexity index is 674. The van der Waals surface area contributed by atoms with Crippen LogP contribution in [0.5, 0.6) is 0 Å². The molecule has 0 saturated heterocycles. The van der Waals surface area contributed by atoms with E-state index in [1.54, 1.807) is 6.92 Å². The molecule has 0 bridgehead atoms. The Morgan fingerprint density at radius 1 is 1.00 bits per heavy atom. The van der Waals surface area contributed by atoms with E-state index in [2.05, 4.69) is 13.2 Å². The molecule has 0 amide bonds. The van der Waals surface area contributed by atoms with Gasteiger partial charge in [0.2, 0.25) is 0 Å². The molecule has 0 aliphatic rings. The van der Waals surface area contributed by atoms with E-state index >= 15 is 0 Å². The Balaban J connectivity index is -0.00000338. The molecule has 0 spiro atoms. The van der Waals surface area contributed by atoms with E-state index in [4.69, 9.17) is 18.8 Å². The molecular weight excluding hydrogens is 419 g/mol. The molecule has 9 nitrogen and oxygen atoms in total. The van der Waals surface area contributed by atoms with Crippen molar-refractivity contribution in [3.05, 3.63) is 24.3 Å². The third-order valence-electron chi connectivity index (χ3n) is 3.39. The van der Waals surface area contributed by atoms with Crippen LogP contribution in [0.2, 0.25) is 0 Å². The predicted octanol–water partition coefficient (Wildman–Crippen LogP) is -1.44.